The van der Waals surface area contributed by atoms with Crippen molar-refractivity contribution in [3.8, 4) is 0 Å². The number of carbonyl (C=O) groups is 1. The highest BCUT2D eigenvalue weighted by Crippen LogP contribution is 2.16. The molecule has 4 heteroatoms. The van der Waals surface area contributed by atoms with E-state index in [2.05, 4.69) is 0 Å². The van der Waals surface area contributed by atoms with Gasteiger partial charge in [0.1, 0.15) is 0 Å². The van der Waals surface area contributed by atoms with Gasteiger partial charge in [-0.15, -0.1) is 0 Å². The summed E-state index contributed by atoms with van der Waals surface area (Å²) in [5, 5.41) is 7.55. The summed E-state index contributed by atoms with van der Waals surface area (Å²) in [7, 11) is 0. The van der Waals surface area contributed by atoms with E-state index in [9.17, 15) is 4.79 Å². The van der Waals surface area contributed by atoms with Gasteiger partial charge in [-0.25, -0.2) is 4.90 Å². The van der Waals surface area contributed by atoms with E-state index in [1.807, 2.05) is 12.1 Å². The highest BCUT2D eigenvalue weighted by molar-refractivity contribution is 6.20. The number of carbonyl (C=O) groups excluding carboxylic acids is 1. The zero-order valence-electron chi connectivity index (χ0n) is 9.71. The smallest absolute Gasteiger partial charge is 0.265 e. The predicted molar refractivity (Wildman–Crippen MR) is 71.6 cm³/mol. The average Bonchev–Trinajstić information content (AvgIpc) is 2.40. The molecule has 90 valence electrons. The summed E-state index contributed by atoms with van der Waals surface area (Å²) in [4.78, 5) is 13.5. The Morgan fingerprint density at radius 1 is 0.944 bits per heavy atom. The van der Waals surface area contributed by atoms with E-state index in [4.69, 9.17) is 11.1 Å². The quantitative estimate of drug-likeness (QED) is 0.623. The molecule has 2 rings (SSSR count). The van der Waals surface area contributed by atoms with E-state index in [-0.39, 0.29) is 11.9 Å². The van der Waals surface area contributed by atoms with E-state index < -0.39 is 0 Å². The molecule has 2 aromatic rings. The summed E-state index contributed by atoms with van der Waals surface area (Å²) < 4.78 is 0. The van der Waals surface area contributed by atoms with Gasteiger partial charge in [-0.2, -0.15) is 0 Å². The number of para-hydroxylation sites is 1. The second kappa shape index (κ2) is 5.14. The van der Waals surface area contributed by atoms with E-state index in [1.54, 1.807) is 48.5 Å². The van der Waals surface area contributed by atoms with Gasteiger partial charge in [0, 0.05) is 5.56 Å². The van der Waals surface area contributed by atoms with Crippen molar-refractivity contribution in [2.45, 2.75) is 0 Å². The third-order valence-electron chi connectivity index (χ3n) is 2.48. The fourth-order valence-corrected chi connectivity index (χ4v) is 1.65. The third kappa shape index (κ3) is 2.38. The molecule has 2 aromatic carbocycles. The molecule has 0 saturated carbocycles. The molecule has 0 heterocycles. The maximum atomic E-state index is 12.3. The van der Waals surface area contributed by atoms with Gasteiger partial charge in [0.05, 0.1) is 5.69 Å². The number of amides is 1. The Morgan fingerprint density at radius 3 is 1.94 bits per heavy atom. The molecule has 18 heavy (non-hydrogen) atoms. The lowest BCUT2D eigenvalue weighted by atomic mass is 10.2. The molecule has 0 bridgehead atoms. The second-order valence-electron chi connectivity index (χ2n) is 3.73. The standard InChI is InChI=1S/C14H13N3O/c15-14(16)17(12-9-5-2-6-10-12)13(18)11-7-3-1-4-8-11/h1-10H,(H3,15,16). The Labute approximate surface area is 105 Å². The number of guanidine groups is 1. The minimum absolute atomic E-state index is 0.296. The van der Waals surface area contributed by atoms with Gasteiger partial charge < -0.3 is 5.73 Å². The summed E-state index contributed by atoms with van der Waals surface area (Å²) in [5.74, 6) is -0.607. The Morgan fingerprint density at radius 2 is 1.44 bits per heavy atom. The number of nitrogens with zero attached hydrogens (tertiary/aromatic N) is 1. The molecule has 0 unspecified atom stereocenters. The summed E-state index contributed by atoms with van der Waals surface area (Å²) in [6.07, 6.45) is 0. The van der Waals surface area contributed by atoms with Crippen LogP contribution in [0.3, 0.4) is 0 Å². The molecule has 0 atom stereocenters. The Hall–Kier alpha value is -2.62. The molecule has 0 fully saturated rings. The van der Waals surface area contributed by atoms with Crippen LogP contribution in [0.1, 0.15) is 10.4 Å². The van der Waals surface area contributed by atoms with Crippen LogP contribution in [0.25, 0.3) is 0 Å². The minimum Gasteiger partial charge on any atom is -0.369 e. The lowest BCUT2D eigenvalue weighted by molar-refractivity contribution is 0.100. The first kappa shape index (κ1) is 11.9. The molecule has 1 amide bonds. The molecule has 0 spiro atoms. The number of nitrogens with one attached hydrogen (secondary N) is 1. The largest absolute Gasteiger partial charge is 0.369 e. The van der Waals surface area contributed by atoms with Crippen LogP contribution in [0.5, 0.6) is 0 Å². The van der Waals surface area contributed by atoms with Crippen molar-refractivity contribution < 1.29 is 4.79 Å². The first-order chi connectivity index (χ1) is 8.70. The van der Waals surface area contributed by atoms with Crippen LogP contribution < -0.4 is 10.6 Å². The van der Waals surface area contributed by atoms with Crippen LogP contribution in [-0.2, 0) is 0 Å². The molecule has 4 nitrogen and oxygen atoms in total. The van der Waals surface area contributed by atoms with Crippen molar-refractivity contribution in [2.75, 3.05) is 4.90 Å². The van der Waals surface area contributed by atoms with Crippen LogP contribution in [0.2, 0.25) is 0 Å². The number of rotatable bonds is 2. The first-order valence-electron chi connectivity index (χ1n) is 5.48. The lowest BCUT2D eigenvalue weighted by Crippen LogP contribution is -2.41. The number of hydrogen-bond donors (Lipinski definition) is 2. The highest BCUT2D eigenvalue weighted by Gasteiger charge is 2.19. The van der Waals surface area contributed by atoms with Crippen molar-refractivity contribution >= 4 is 17.6 Å². The number of anilines is 1. The fraction of sp³-hybridized carbons (Fsp3) is 0. The minimum atomic E-state index is -0.311. The molecule has 0 aliphatic carbocycles. The molecule has 0 aliphatic heterocycles. The Kier molecular flexibility index (Phi) is 3.38. The molecule has 0 saturated heterocycles. The van der Waals surface area contributed by atoms with E-state index in [0.717, 1.165) is 0 Å². The van der Waals surface area contributed by atoms with E-state index in [0.29, 0.717) is 11.3 Å². The van der Waals surface area contributed by atoms with Gasteiger partial charge in [-0.05, 0) is 24.3 Å². The first-order valence-corrected chi connectivity index (χ1v) is 5.48. The van der Waals surface area contributed by atoms with Crippen LogP contribution >= 0.6 is 0 Å². The van der Waals surface area contributed by atoms with Crippen LogP contribution in [0.4, 0.5) is 5.69 Å². The molecular formula is C14H13N3O. The normalized spacial score (nSPS) is 9.78. The molecular weight excluding hydrogens is 226 g/mol. The van der Waals surface area contributed by atoms with Crippen molar-refractivity contribution in [1.82, 2.24) is 0 Å². The lowest BCUT2D eigenvalue weighted by Gasteiger charge is -2.20. The maximum absolute atomic E-state index is 12.3. The van der Waals surface area contributed by atoms with Crippen LogP contribution in [0.15, 0.2) is 60.7 Å². The zero-order valence-corrected chi connectivity index (χ0v) is 9.71. The Bertz CT molecular complexity index is 552. The monoisotopic (exact) mass is 239 g/mol. The van der Waals surface area contributed by atoms with Crippen molar-refractivity contribution in [3.05, 3.63) is 66.2 Å². The molecule has 0 radical (unpaired) electrons. The van der Waals surface area contributed by atoms with E-state index >= 15 is 0 Å². The van der Waals surface area contributed by atoms with Gasteiger partial charge in [-0.1, -0.05) is 36.4 Å². The molecule has 0 aliphatic rings. The molecule has 3 N–H and O–H groups in total. The summed E-state index contributed by atoms with van der Waals surface area (Å²) in [6.45, 7) is 0. The summed E-state index contributed by atoms with van der Waals surface area (Å²) in [5.41, 5.74) is 6.57. The topological polar surface area (TPSA) is 70.2 Å². The number of benzene rings is 2. The summed E-state index contributed by atoms with van der Waals surface area (Å²) >= 11 is 0. The predicted octanol–water partition coefficient (Wildman–Crippen LogP) is 2.23. The Balaban J connectivity index is 2.39. The zero-order chi connectivity index (χ0) is 13.0. The van der Waals surface area contributed by atoms with Crippen molar-refractivity contribution in [1.29, 1.82) is 5.41 Å². The van der Waals surface area contributed by atoms with Crippen molar-refractivity contribution in [3.63, 3.8) is 0 Å². The van der Waals surface area contributed by atoms with Gasteiger partial charge in [0.15, 0.2) is 5.96 Å². The fourth-order valence-electron chi connectivity index (χ4n) is 1.65. The molecule has 0 aromatic heterocycles. The second-order valence-corrected chi connectivity index (χ2v) is 3.73. The van der Waals surface area contributed by atoms with Crippen LogP contribution in [0, 0.1) is 5.41 Å². The van der Waals surface area contributed by atoms with Gasteiger partial charge >= 0.3 is 0 Å². The third-order valence-corrected chi connectivity index (χ3v) is 2.48. The van der Waals surface area contributed by atoms with Gasteiger partial charge in [0.25, 0.3) is 5.91 Å². The van der Waals surface area contributed by atoms with Gasteiger partial charge in [0.2, 0.25) is 0 Å². The van der Waals surface area contributed by atoms with E-state index in [1.165, 1.54) is 4.90 Å². The SMILES string of the molecule is N=C(N)N(C(=O)c1ccccc1)c1ccccc1. The van der Waals surface area contributed by atoms with Crippen LogP contribution in [-0.4, -0.2) is 11.9 Å². The number of nitrogens with two attached hydrogens (primary N) is 1. The average molecular weight is 239 g/mol. The highest BCUT2D eigenvalue weighted by atomic mass is 16.2. The summed E-state index contributed by atoms with van der Waals surface area (Å²) in [6, 6.07) is 17.7. The van der Waals surface area contributed by atoms with Gasteiger partial charge in [-0.3, -0.25) is 10.2 Å². The number of hydrogen-bond acceptors (Lipinski definition) is 2. The maximum Gasteiger partial charge on any atom is 0.265 e. The van der Waals surface area contributed by atoms with Crippen molar-refractivity contribution in [2.24, 2.45) is 5.73 Å².